The molecule has 2 N–H and O–H groups in total. The molecule has 4 heteroatoms. The number of rotatable bonds is 6. The van der Waals surface area contributed by atoms with E-state index in [2.05, 4.69) is 74.4 Å². The van der Waals surface area contributed by atoms with Gasteiger partial charge in [0.25, 0.3) is 0 Å². The van der Waals surface area contributed by atoms with Crippen molar-refractivity contribution in [1.29, 1.82) is 0 Å². The average Bonchev–Trinajstić information content (AvgIpc) is 2.67. The van der Waals surface area contributed by atoms with E-state index < -0.39 is 0 Å². The number of aromatic hydroxyl groups is 2. The van der Waals surface area contributed by atoms with E-state index in [9.17, 15) is 15.0 Å². The van der Waals surface area contributed by atoms with Gasteiger partial charge in [0, 0.05) is 12.8 Å². The molecule has 0 atom stereocenters. The normalized spacial score (nSPS) is 12.6. The van der Waals surface area contributed by atoms with E-state index in [4.69, 9.17) is 4.74 Å². The van der Waals surface area contributed by atoms with Crippen LogP contribution >= 0.6 is 0 Å². The zero-order chi connectivity index (χ0) is 26.1. The maximum atomic E-state index is 11.9. The molecule has 0 aliphatic carbocycles. The molecule has 0 aliphatic heterocycles. The fourth-order valence-corrected chi connectivity index (χ4v) is 4.25. The molecule has 0 radical (unpaired) electrons. The molecule has 2 rings (SSSR count). The number of esters is 1. The third kappa shape index (κ3) is 6.77. The second-order valence-corrected chi connectivity index (χ2v) is 12.4. The van der Waals surface area contributed by atoms with Gasteiger partial charge in [0.2, 0.25) is 0 Å². The molecule has 0 aromatic heterocycles. The van der Waals surface area contributed by atoms with E-state index in [0.717, 1.165) is 33.4 Å². The van der Waals surface area contributed by atoms with Gasteiger partial charge in [0.1, 0.15) is 11.5 Å². The minimum Gasteiger partial charge on any atom is -0.507 e. The van der Waals surface area contributed by atoms with Crippen LogP contribution in [-0.4, -0.2) is 22.8 Å². The van der Waals surface area contributed by atoms with Crippen molar-refractivity contribution in [3.63, 3.8) is 0 Å². The number of benzene rings is 2. The third-order valence-corrected chi connectivity index (χ3v) is 6.16. The van der Waals surface area contributed by atoms with Crippen molar-refractivity contribution in [2.75, 3.05) is 6.61 Å². The van der Waals surface area contributed by atoms with Gasteiger partial charge in [-0.3, -0.25) is 4.79 Å². The lowest BCUT2D eigenvalue weighted by Gasteiger charge is -2.28. The number of carbonyl (C=O) groups excluding carboxylic acids is 1. The summed E-state index contributed by atoms with van der Waals surface area (Å²) in [5.74, 6) is 0.444. The fraction of sp³-hybridized carbons (Fsp3) is 0.567. The summed E-state index contributed by atoms with van der Waals surface area (Å²) >= 11 is 0. The summed E-state index contributed by atoms with van der Waals surface area (Å²) in [4.78, 5) is 11.9. The first-order valence-corrected chi connectivity index (χ1v) is 12.3. The first kappa shape index (κ1) is 27.8. The molecule has 0 bridgehead atoms. The first-order chi connectivity index (χ1) is 15.4. The Labute approximate surface area is 206 Å². The van der Waals surface area contributed by atoms with Crippen molar-refractivity contribution < 1.29 is 19.7 Å². The molecular weight excluding hydrogens is 424 g/mol. The Hall–Kier alpha value is -2.49. The van der Waals surface area contributed by atoms with Gasteiger partial charge in [-0.25, -0.2) is 0 Å². The second kappa shape index (κ2) is 10.0. The van der Waals surface area contributed by atoms with Crippen LogP contribution in [0.1, 0.15) is 109 Å². The molecule has 0 spiro atoms. The Bertz CT molecular complexity index is 992. The number of hydrogen-bond donors (Lipinski definition) is 2. The van der Waals surface area contributed by atoms with Crippen molar-refractivity contribution in [2.45, 2.75) is 105 Å². The maximum Gasteiger partial charge on any atom is 0.306 e. The van der Waals surface area contributed by atoms with E-state index in [1.807, 2.05) is 19.1 Å². The summed E-state index contributed by atoms with van der Waals surface area (Å²) in [6, 6.07) is 8.14. The quantitative estimate of drug-likeness (QED) is 0.445. The Kier molecular flexibility index (Phi) is 8.17. The summed E-state index contributed by atoms with van der Waals surface area (Å²) in [6.07, 6.45) is 1.41. The molecule has 2 aromatic rings. The highest BCUT2D eigenvalue weighted by Gasteiger charge is 2.27. The van der Waals surface area contributed by atoms with Crippen LogP contribution < -0.4 is 0 Å². The molecule has 0 saturated carbocycles. The highest BCUT2D eigenvalue weighted by atomic mass is 16.5. The molecule has 0 heterocycles. The topological polar surface area (TPSA) is 66.8 Å². The molecule has 0 fully saturated rings. The van der Waals surface area contributed by atoms with Crippen LogP contribution in [0.4, 0.5) is 0 Å². The Morgan fingerprint density at radius 3 is 1.62 bits per heavy atom. The summed E-state index contributed by atoms with van der Waals surface area (Å²) in [5, 5.41) is 22.3. The van der Waals surface area contributed by atoms with Gasteiger partial charge in [0.15, 0.2) is 0 Å². The molecular formula is C30H44O4. The number of hydrogen-bond acceptors (Lipinski definition) is 4. The molecule has 34 heavy (non-hydrogen) atoms. The van der Waals surface area contributed by atoms with Crippen LogP contribution in [0.3, 0.4) is 0 Å². The molecule has 4 nitrogen and oxygen atoms in total. The molecule has 0 saturated heterocycles. The number of phenolic OH excluding ortho intramolecular Hbond substituents is 2. The van der Waals surface area contributed by atoms with Crippen LogP contribution in [0, 0.1) is 0 Å². The highest BCUT2D eigenvalue weighted by Crippen LogP contribution is 2.41. The van der Waals surface area contributed by atoms with Gasteiger partial charge < -0.3 is 14.9 Å². The lowest BCUT2D eigenvalue weighted by atomic mass is 9.77. The summed E-state index contributed by atoms with van der Waals surface area (Å²) in [7, 11) is 0. The maximum absolute atomic E-state index is 11.9. The van der Waals surface area contributed by atoms with Gasteiger partial charge in [-0.2, -0.15) is 0 Å². The molecule has 0 unspecified atom stereocenters. The van der Waals surface area contributed by atoms with Gasteiger partial charge in [-0.05, 0) is 63.0 Å². The number of carbonyl (C=O) groups is 1. The predicted octanol–water partition coefficient (Wildman–Crippen LogP) is 7.08. The zero-order valence-electron chi connectivity index (χ0n) is 22.8. The monoisotopic (exact) mass is 468 g/mol. The van der Waals surface area contributed by atoms with Gasteiger partial charge in [-0.1, -0.05) is 86.6 Å². The van der Waals surface area contributed by atoms with Gasteiger partial charge in [-0.15, -0.1) is 0 Å². The van der Waals surface area contributed by atoms with Crippen LogP contribution in [0.2, 0.25) is 0 Å². The lowest BCUT2D eigenvalue weighted by molar-refractivity contribution is -0.143. The van der Waals surface area contributed by atoms with Crippen LogP contribution in [0.25, 0.3) is 0 Å². The van der Waals surface area contributed by atoms with Crippen molar-refractivity contribution in [2.24, 2.45) is 0 Å². The first-order valence-electron chi connectivity index (χ1n) is 12.3. The van der Waals surface area contributed by atoms with Crippen molar-refractivity contribution in [3.8, 4) is 11.5 Å². The lowest BCUT2D eigenvalue weighted by Crippen LogP contribution is -2.18. The van der Waals surface area contributed by atoms with E-state index in [1.165, 1.54) is 0 Å². The van der Waals surface area contributed by atoms with Crippen LogP contribution in [0.5, 0.6) is 11.5 Å². The van der Waals surface area contributed by atoms with Crippen LogP contribution in [-0.2, 0) is 38.6 Å². The van der Waals surface area contributed by atoms with Gasteiger partial charge >= 0.3 is 5.97 Å². The summed E-state index contributed by atoms with van der Waals surface area (Å²) in [6.45, 7) is 21.0. The van der Waals surface area contributed by atoms with E-state index in [-0.39, 0.29) is 22.2 Å². The minimum atomic E-state index is -0.249. The standard InChI is InChI=1S/C30H44O4/c1-11-34-25(31)13-12-19-14-21(26(32)22(16-19)28(2,3)4)15-20-17-23(29(5,6)7)27(33)24(18-20)30(8,9)10/h14,16-18,32-33H,11-13,15H2,1-10H3. The Morgan fingerprint density at radius 1 is 0.735 bits per heavy atom. The second-order valence-electron chi connectivity index (χ2n) is 12.4. The highest BCUT2D eigenvalue weighted by molar-refractivity contribution is 5.69. The molecule has 2 aromatic carbocycles. The smallest absolute Gasteiger partial charge is 0.306 e. The zero-order valence-corrected chi connectivity index (χ0v) is 22.8. The summed E-state index contributed by atoms with van der Waals surface area (Å²) in [5.41, 5.74) is 4.88. The van der Waals surface area contributed by atoms with Crippen LogP contribution in [0.15, 0.2) is 24.3 Å². The van der Waals surface area contributed by atoms with E-state index in [1.54, 1.807) is 0 Å². The largest absolute Gasteiger partial charge is 0.507 e. The van der Waals surface area contributed by atoms with E-state index in [0.29, 0.717) is 37.4 Å². The Morgan fingerprint density at radius 2 is 1.18 bits per heavy atom. The third-order valence-electron chi connectivity index (χ3n) is 6.16. The molecule has 0 aliphatic rings. The number of ether oxygens (including phenoxy) is 1. The summed E-state index contributed by atoms with van der Waals surface area (Å²) < 4.78 is 5.10. The number of phenols is 2. The number of aryl methyl sites for hydroxylation is 1. The molecule has 0 amide bonds. The van der Waals surface area contributed by atoms with Crippen molar-refractivity contribution in [1.82, 2.24) is 0 Å². The minimum absolute atomic E-state index is 0.211. The Balaban J connectivity index is 2.61. The van der Waals surface area contributed by atoms with E-state index >= 15 is 0 Å². The fourth-order valence-electron chi connectivity index (χ4n) is 4.25. The van der Waals surface area contributed by atoms with Gasteiger partial charge in [0.05, 0.1) is 6.61 Å². The molecule has 188 valence electrons. The average molecular weight is 469 g/mol. The SMILES string of the molecule is CCOC(=O)CCc1cc(Cc2cc(C(C)(C)C)c(O)c(C(C)(C)C)c2)c(O)c(C(C)(C)C)c1. The van der Waals surface area contributed by atoms with Crippen molar-refractivity contribution >= 4 is 5.97 Å². The predicted molar refractivity (Wildman–Crippen MR) is 140 cm³/mol. The van der Waals surface area contributed by atoms with Crippen molar-refractivity contribution in [3.05, 3.63) is 57.6 Å².